The highest BCUT2D eigenvalue weighted by molar-refractivity contribution is 6.51. The Morgan fingerprint density at radius 3 is 1.18 bits per heavy atom. The number of benzene rings is 3. The molecule has 0 fully saturated rings. The fourth-order valence-corrected chi connectivity index (χ4v) is 3.63. The molecule has 0 bridgehead atoms. The van der Waals surface area contributed by atoms with Crippen molar-refractivity contribution in [1.82, 2.24) is 0 Å². The highest BCUT2D eigenvalue weighted by Crippen LogP contribution is 2.39. The topological polar surface area (TPSA) is 135 Å². The number of anilines is 2. The van der Waals surface area contributed by atoms with E-state index >= 15 is 0 Å². The molecule has 2 N–H and O–H groups in total. The summed E-state index contributed by atoms with van der Waals surface area (Å²) in [5, 5.41) is 29.7. The van der Waals surface area contributed by atoms with E-state index in [9.17, 15) is 20.2 Å². The predicted octanol–water partition coefficient (Wildman–Crippen LogP) is 7.01. The molecule has 3 aromatic carbocycles. The SMILES string of the molecule is O=[N+]([O-])c1ccc(N/N=C\c2c(Cl)c(Cl)c(/C=N/Nc3ccc([N+](=O)[O-])cc3)c(Cl)c2Cl)cc1. The van der Waals surface area contributed by atoms with E-state index in [1.54, 1.807) is 0 Å². The van der Waals surface area contributed by atoms with Crippen LogP contribution in [0.1, 0.15) is 11.1 Å². The highest BCUT2D eigenvalue weighted by Gasteiger charge is 2.18. The lowest BCUT2D eigenvalue weighted by molar-refractivity contribution is -0.385. The molecule has 0 radical (unpaired) electrons. The Kier molecular flexibility index (Phi) is 8.24. The van der Waals surface area contributed by atoms with Crippen LogP contribution in [0.3, 0.4) is 0 Å². The van der Waals surface area contributed by atoms with Crippen molar-refractivity contribution < 1.29 is 9.85 Å². The van der Waals surface area contributed by atoms with Gasteiger partial charge in [-0.2, -0.15) is 10.2 Å². The molecule has 10 nitrogen and oxygen atoms in total. The molecule has 3 rings (SSSR count). The summed E-state index contributed by atoms with van der Waals surface area (Å²) in [6, 6.07) is 11.2. The average molecular weight is 542 g/mol. The zero-order valence-electron chi connectivity index (χ0n) is 16.7. The Bertz CT molecular complexity index is 1170. The van der Waals surface area contributed by atoms with Crippen molar-refractivity contribution in [3.05, 3.63) is 100.0 Å². The predicted molar refractivity (Wildman–Crippen MR) is 135 cm³/mol. The number of hydrogen-bond acceptors (Lipinski definition) is 8. The van der Waals surface area contributed by atoms with E-state index in [-0.39, 0.29) is 42.6 Å². The van der Waals surface area contributed by atoms with Crippen LogP contribution in [0.4, 0.5) is 22.7 Å². The minimum Gasteiger partial charge on any atom is -0.278 e. The molecule has 0 unspecified atom stereocenters. The van der Waals surface area contributed by atoms with Crippen molar-refractivity contribution in [3.8, 4) is 0 Å². The molecule has 0 heterocycles. The van der Waals surface area contributed by atoms with Gasteiger partial charge in [0, 0.05) is 35.4 Å². The molecule has 34 heavy (non-hydrogen) atoms. The van der Waals surface area contributed by atoms with Crippen LogP contribution in [0.2, 0.25) is 20.1 Å². The largest absolute Gasteiger partial charge is 0.278 e. The van der Waals surface area contributed by atoms with Gasteiger partial charge >= 0.3 is 0 Å². The molecule has 3 aromatic rings. The lowest BCUT2D eigenvalue weighted by Crippen LogP contribution is -1.98. The summed E-state index contributed by atoms with van der Waals surface area (Å²) < 4.78 is 0. The standard InChI is InChI=1S/C20H12Cl4N6O4/c21-17-15(9-25-27-11-1-5-13(6-2-11)29(31)32)18(22)20(24)16(19(17)23)10-26-28-12-3-7-14(8-4-12)30(33)34/h1-10,27-28H/b25-9-,26-10+. The number of nitro groups is 2. The van der Waals surface area contributed by atoms with Crippen LogP contribution in [0.25, 0.3) is 0 Å². The Balaban J connectivity index is 1.76. The molecular formula is C20H12Cl4N6O4. The Hall–Kier alpha value is -3.44. The van der Waals surface area contributed by atoms with Gasteiger partial charge < -0.3 is 0 Å². The normalized spacial score (nSPS) is 11.2. The van der Waals surface area contributed by atoms with Crippen LogP contribution in [0.5, 0.6) is 0 Å². The molecule has 0 aromatic heterocycles. The highest BCUT2D eigenvalue weighted by atomic mass is 35.5. The van der Waals surface area contributed by atoms with E-state index in [1.165, 1.54) is 61.0 Å². The fraction of sp³-hybridized carbons (Fsp3) is 0. The number of halogens is 4. The first-order valence-corrected chi connectivity index (χ1v) is 10.6. The third kappa shape index (κ3) is 5.91. The van der Waals surface area contributed by atoms with Crippen LogP contribution >= 0.6 is 46.4 Å². The Morgan fingerprint density at radius 1 is 0.618 bits per heavy atom. The van der Waals surface area contributed by atoms with Gasteiger partial charge in [0.15, 0.2) is 0 Å². The van der Waals surface area contributed by atoms with Gasteiger partial charge in [-0.15, -0.1) is 0 Å². The maximum atomic E-state index is 10.7. The second-order valence-electron chi connectivity index (χ2n) is 6.43. The monoisotopic (exact) mass is 540 g/mol. The molecular weight excluding hydrogens is 530 g/mol. The number of hydrazone groups is 2. The van der Waals surface area contributed by atoms with Gasteiger partial charge in [0.2, 0.25) is 0 Å². The Labute approximate surface area is 212 Å². The maximum Gasteiger partial charge on any atom is 0.269 e. The number of nitro benzene ring substituents is 2. The smallest absolute Gasteiger partial charge is 0.269 e. The number of hydrogen-bond donors (Lipinski definition) is 2. The molecule has 0 aliphatic carbocycles. The van der Waals surface area contributed by atoms with Gasteiger partial charge in [0.1, 0.15) is 0 Å². The minimum atomic E-state index is -0.511. The third-order valence-electron chi connectivity index (χ3n) is 4.26. The summed E-state index contributed by atoms with van der Waals surface area (Å²) in [5.74, 6) is 0. The van der Waals surface area contributed by atoms with Crippen molar-refractivity contribution in [3.63, 3.8) is 0 Å². The zero-order chi connectivity index (χ0) is 24.8. The molecule has 0 saturated carbocycles. The lowest BCUT2D eigenvalue weighted by atomic mass is 10.1. The van der Waals surface area contributed by atoms with Gasteiger partial charge in [-0.1, -0.05) is 46.4 Å². The van der Waals surface area contributed by atoms with E-state index in [4.69, 9.17) is 46.4 Å². The van der Waals surface area contributed by atoms with Gasteiger partial charge in [-0.25, -0.2) is 0 Å². The van der Waals surface area contributed by atoms with Gasteiger partial charge in [-0.3, -0.25) is 31.1 Å². The number of non-ortho nitro benzene ring substituents is 2. The van der Waals surface area contributed by atoms with Gasteiger partial charge in [0.25, 0.3) is 11.4 Å². The molecule has 0 saturated heterocycles. The molecule has 14 heteroatoms. The number of nitrogens with one attached hydrogen (secondary N) is 2. The van der Waals surface area contributed by atoms with E-state index in [0.717, 1.165) is 0 Å². The van der Waals surface area contributed by atoms with Crippen LogP contribution in [0, 0.1) is 20.2 Å². The fourth-order valence-electron chi connectivity index (χ4n) is 2.55. The Morgan fingerprint density at radius 2 is 0.912 bits per heavy atom. The molecule has 0 atom stereocenters. The van der Waals surface area contributed by atoms with E-state index < -0.39 is 9.85 Å². The quantitative estimate of drug-likeness (QED) is 0.136. The van der Waals surface area contributed by atoms with E-state index in [0.29, 0.717) is 11.4 Å². The first kappa shape index (κ1) is 25.2. The molecule has 0 amide bonds. The van der Waals surface area contributed by atoms with Gasteiger partial charge in [-0.05, 0) is 24.3 Å². The van der Waals surface area contributed by atoms with Crippen molar-refractivity contribution in [1.29, 1.82) is 0 Å². The van der Waals surface area contributed by atoms with Gasteiger partial charge in [0.05, 0.1) is 53.7 Å². The second-order valence-corrected chi connectivity index (χ2v) is 7.94. The van der Waals surface area contributed by atoms with Crippen LogP contribution < -0.4 is 10.9 Å². The molecule has 174 valence electrons. The van der Waals surface area contributed by atoms with Crippen molar-refractivity contribution >= 4 is 81.6 Å². The maximum absolute atomic E-state index is 10.7. The summed E-state index contributed by atoms with van der Waals surface area (Å²) in [6.45, 7) is 0. The van der Waals surface area contributed by atoms with E-state index in [1.807, 2.05) is 0 Å². The summed E-state index contributed by atoms with van der Waals surface area (Å²) in [6.07, 6.45) is 2.61. The zero-order valence-corrected chi connectivity index (χ0v) is 19.7. The first-order valence-electron chi connectivity index (χ1n) is 9.12. The number of rotatable bonds is 8. The minimum absolute atomic E-state index is 0.0560. The summed E-state index contributed by atoms with van der Waals surface area (Å²) in [5.41, 5.74) is 6.75. The van der Waals surface area contributed by atoms with E-state index in [2.05, 4.69) is 21.1 Å². The summed E-state index contributed by atoms with van der Waals surface area (Å²) in [4.78, 5) is 20.4. The second kappa shape index (κ2) is 11.1. The lowest BCUT2D eigenvalue weighted by Gasteiger charge is -2.11. The van der Waals surface area contributed by atoms with Crippen LogP contribution in [-0.2, 0) is 0 Å². The average Bonchev–Trinajstić information content (AvgIpc) is 2.82. The molecule has 0 aliphatic rings. The molecule has 0 spiro atoms. The van der Waals surface area contributed by atoms with Crippen molar-refractivity contribution in [2.75, 3.05) is 10.9 Å². The van der Waals surface area contributed by atoms with Crippen molar-refractivity contribution in [2.24, 2.45) is 10.2 Å². The summed E-state index contributed by atoms with van der Waals surface area (Å²) in [7, 11) is 0. The summed E-state index contributed by atoms with van der Waals surface area (Å²) >= 11 is 25.4. The number of nitrogens with zero attached hydrogens (tertiary/aromatic N) is 4. The van der Waals surface area contributed by atoms with Crippen LogP contribution in [-0.4, -0.2) is 22.3 Å². The molecule has 0 aliphatic heterocycles. The third-order valence-corrected chi connectivity index (χ3v) is 6.03. The first-order chi connectivity index (χ1) is 16.2. The van der Waals surface area contributed by atoms with Crippen molar-refractivity contribution in [2.45, 2.75) is 0 Å². The van der Waals surface area contributed by atoms with Crippen LogP contribution in [0.15, 0.2) is 58.7 Å².